The molecule has 0 saturated carbocycles. The second-order valence-electron chi connectivity index (χ2n) is 7.37. The zero-order valence-corrected chi connectivity index (χ0v) is 17.7. The van der Waals surface area contributed by atoms with Crippen LogP contribution in [0.4, 0.5) is 11.4 Å². The number of piperidine rings is 1. The predicted molar refractivity (Wildman–Crippen MR) is 121 cm³/mol. The number of nitrogens with one attached hydrogen (secondary N) is 3. The third kappa shape index (κ3) is 5.37. The summed E-state index contributed by atoms with van der Waals surface area (Å²) in [6.45, 7) is 4.06. The second-order valence-corrected chi connectivity index (χ2v) is 7.37. The second kappa shape index (κ2) is 10.2. The van der Waals surface area contributed by atoms with E-state index in [2.05, 4.69) is 45.3 Å². The maximum atomic E-state index is 12.5. The van der Waals surface area contributed by atoms with Crippen molar-refractivity contribution in [1.29, 1.82) is 0 Å². The molecule has 1 atom stereocenters. The molecule has 1 unspecified atom stereocenters. The number of hydrogen-bond donors (Lipinski definition) is 3. The van der Waals surface area contributed by atoms with E-state index in [0.717, 1.165) is 37.3 Å². The number of benzene rings is 2. The summed E-state index contributed by atoms with van der Waals surface area (Å²) in [7, 11) is 0. The van der Waals surface area contributed by atoms with Gasteiger partial charge < -0.3 is 16.0 Å². The Bertz CT molecular complexity index is 938. The molecule has 7 nitrogen and oxygen atoms in total. The molecule has 1 saturated heterocycles. The summed E-state index contributed by atoms with van der Waals surface area (Å²) in [6, 6.07) is 18.5. The normalized spacial score (nSPS) is 15.1. The van der Waals surface area contributed by atoms with Crippen LogP contribution in [-0.4, -0.2) is 34.0 Å². The molecule has 1 aliphatic heterocycles. The Balaban J connectivity index is 0.00000256. The first kappa shape index (κ1) is 21.8. The summed E-state index contributed by atoms with van der Waals surface area (Å²) >= 11 is 0. The minimum Gasteiger partial charge on any atom is -0.379 e. The van der Waals surface area contributed by atoms with E-state index >= 15 is 0 Å². The number of halogens is 1. The Morgan fingerprint density at radius 3 is 2.43 bits per heavy atom. The minimum atomic E-state index is -0.247. The Kier molecular flexibility index (Phi) is 7.43. The van der Waals surface area contributed by atoms with Gasteiger partial charge in [-0.3, -0.25) is 4.79 Å². The van der Waals surface area contributed by atoms with Crippen molar-refractivity contribution in [3.05, 3.63) is 72.1 Å². The smallest absolute Gasteiger partial charge is 0.277 e. The SMILES string of the molecule is CC(Nc1ccc(NC(=O)c2cn(C3CCNCC3)nn2)cc1)c1ccccc1.Cl. The van der Waals surface area contributed by atoms with E-state index < -0.39 is 0 Å². The lowest BCUT2D eigenvalue weighted by atomic mass is 10.1. The van der Waals surface area contributed by atoms with Crippen molar-refractivity contribution in [2.24, 2.45) is 0 Å². The van der Waals surface area contributed by atoms with Crippen LogP contribution in [0.15, 0.2) is 60.8 Å². The number of carbonyl (C=O) groups excluding carboxylic acids is 1. The largest absolute Gasteiger partial charge is 0.379 e. The Labute approximate surface area is 182 Å². The Morgan fingerprint density at radius 1 is 1.07 bits per heavy atom. The van der Waals surface area contributed by atoms with E-state index in [9.17, 15) is 4.79 Å². The van der Waals surface area contributed by atoms with Gasteiger partial charge in [0.25, 0.3) is 5.91 Å². The highest BCUT2D eigenvalue weighted by Crippen LogP contribution is 2.21. The van der Waals surface area contributed by atoms with Crippen LogP contribution in [0, 0.1) is 0 Å². The Hall–Kier alpha value is -2.90. The fraction of sp³-hybridized carbons (Fsp3) is 0.318. The van der Waals surface area contributed by atoms with E-state index in [-0.39, 0.29) is 24.4 Å². The first-order chi connectivity index (χ1) is 14.2. The number of rotatable bonds is 6. The summed E-state index contributed by atoms with van der Waals surface area (Å²) in [5.41, 5.74) is 3.28. The number of aromatic nitrogens is 3. The van der Waals surface area contributed by atoms with E-state index in [4.69, 9.17) is 0 Å². The molecular formula is C22H27ClN6O. The van der Waals surface area contributed by atoms with Crippen LogP contribution in [0.1, 0.15) is 47.9 Å². The molecule has 4 rings (SSSR count). The zero-order valence-electron chi connectivity index (χ0n) is 16.9. The van der Waals surface area contributed by atoms with Crippen molar-refractivity contribution < 1.29 is 4.79 Å². The lowest BCUT2D eigenvalue weighted by molar-refractivity contribution is 0.102. The third-order valence-corrected chi connectivity index (χ3v) is 5.25. The van der Waals surface area contributed by atoms with E-state index in [1.165, 1.54) is 5.56 Å². The van der Waals surface area contributed by atoms with E-state index in [1.807, 2.05) is 47.1 Å². The summed E-state index contributed by atoms with van der Waals surface area (Å²) in [5.74, 6) is -0.247. The van der Waals surface area contributed by atoms with Gasteiger partial charge in [0, 0.05) is 17.4 Å². The van der Waals surface area contributed by atoms with Gasteiger partial charge >= 0.3 is 0 Å². The number of amides is 1. The minimum absolute atomic E-state index is 0. The molecule has 1 aliphatic rings. The fourth-order valence-electron chi connectivity index (χ4n) is 3.55. The molecule has 1 fully saturated rings. The monoisotopic (exact) mass is 426 g/mol. The van der Waals surface area contributed by atoms with Crippen LogP contribution >= 0.6 is 12.4 Å². The molecule has 0 bridgehead atoms. The molecule has 0 aliphatic carbocycles. The molecular weight excluding hydrogens is 400 g/mol. The maximum Gasteiger partial charge on any atom is 0.277 e. The lowest BCUT2D eigenvalue weighted by Crippen LogP contribution is -2.29. The highest BCUT2D eigenvalue weighted by molar-refractivity contribution is 6.02. The Morgan fingerprint density at radius 2 is 1.73 bits per heavy atom. The topological polar surface area (TPSA) is 83.9 Å². The molecule has 3 aromatic rings. The van der Waals surface area contributed by atoms with Crippen LogP contribution in [0.2, 0.25) is 0 Å². The van der Waals surface area contributed by atoms with E-state index in [0.29, 0.717) is 11.7 Å². The molecule has 2 aromatic carbocycles. The number of hydrogen-bond acceptors (Lipinski definition) is 5. The summed E-state index contributed by atoms with van der Waals surface area (Å²) in [6.07, 6.45) is 3.74. The van der Waals surface area contributed by atoms with Gasteiger partial charge in [-0.15, -0.1) is 17.5 Å². The molecule has 2 heterocycles. The number of anilines is 2. The lowest BCUT2D eigenvalue weighted by Gasteiger charge is -2.22. The number of nitrogens with zero attached hydrogens (tertiary/aromatic N) is 3. The van der Waals surface area contributed by atoms with Crippen molar-refractivity contribution in [3.8, 4) is 0 Å². The first-order valence-corrected chi connectivity index (χ1v) is 10.0. The van der Waals surface area contributed by atoms with Gasteiger partial charge in [0.1, 0.15) is 0 Å². The summed E-state index contributed by atoms with van der Waals surface area (Å²) in [5, 5.41) is 17.9. The van der Waals surface area contributed by atoms with Crippen LogP contribution in [0.3, 0.4) is 0 Å². The first-order valence-electron chi connectivity index (χ1n) is 10.0. The summed E-state index contributed by atoms with van der Waals surface area (Å²) < 4.78 is 1.81. The average molecular weight is 427 g/mol. The van der Waals surface area contributed by atoms with Gasteiger partial charge in [-0.1, -0.05) is 35.5 Å². The standard InChI is InChI=1S/C22H26N6O.ClH/c1-16(17-5-3-2-4-6-17)24-18-7-9-19(10-8-18)25-22(29)21-15-28(27-26-21)20-11-13-23-14-12-20;/h2-10,15-16,20,23-24H,11-14H2,1H3,(H,25,29);1H. The molecule has 158 valence electrons. The molecule has 1 amide bonds. The predicted octanol–water partition coefficient (Wildman–Crippen LogP) is 4.05. The van der Waals surface area contributed by atoms with Gasteiger partial charge in [0.15, 0.2) is 5.69 Å². The quantitative estimate of drug-likeness (QED) is 0.553. The van der Waals surface area contributed by atoms with Gasteiger partial charge in [-0.05, 0) is 62.7 Å². The molecule has 0 spiro atoms. The summed E-state index contributed by atoms with van der Waals surface area (Å²) in [4.78, 5) is 12.5. The third-order valence-electron chi connectivity index (χ3n) is 5.25. The van der Waals surface area contributed by atoms with Crippen LogP contribution in [0.5, 0.6) is 0 Å². The van der Waals surface area contributed by atoms with E-state index in [1.54, 1.807) is 6.20 Å². The van der Waals surface area contributed by atoms with Crippen molar-refractivity contribution in [2.45, 2.75) is 31.8 Å². The number of carbonyl (C=O) groups is 1. The van der Waals surface area contributed by atoms with Gasteiger partial charge in [-0.25, -0.2) is 4.68 Å². The zero-order chi connectivity index (χ0) is 20.1. The highest BCUT2D eigenvalue weighted by atomic mass is 35.5. The van der Waals surface area contributed by atoms with Crippen molar-refractivity contribution >= 4 is 29.7 Å². The molecule has 30 heavy (non-hydrogen) atoms. The van der Waals surface area contributed by atoms with Crippen molar-refractivity contribution in [1.82, 2.24) is 20.3 Å². The maximum absolute atomic E-state index is 12.5. The van der Waals surface area contributed by atoms with Gasteiger partial charge in [0.05, 0.1) is 12.2 Å². The molecule has 3 N–H and O–H groups in total. The van der Waals surface area contributed by atoms with Crippen LogP contribution < -0.4 is 16.0 Å². The highest BCUT2D eigenvalue weighted by Gasteiger charge is 2.18. The average Bonchev–Trinajstić information content (AvgIpc) is 3.27. The molecule has 0 radical (unpaired) electrons. The molecule has 1 aromatic heterocycles. The van der Waals surface area contributed by atoms with Crippen LogP contribution in [-0.2, 0) is 0 Å². The van der Waals surface area contributed by atoms with Gasteiger partial charge in [-0.2, -0.15) is 0 Å². The van der Waals surface area contributed by atoms with Crippen molar-refractivity contribution in [3.63, 3.8) is 0 Å². The fourth-order valence-corrected chi connectivity index (χ4v) is 3.55. The molecule has 8 heteroatoms. The van der Waals surface area contributed by atoms with Gasteiger partial charge in [0.2, 0.25) is 0 Å². The van der Waals surface area contributed by atoms with Crippen LogP contribution in [0.25, 0.3) is 0 Å². The van der Waals surface area contributed by atoms with Crippen molar-refractivity contribution in [2.75, 3.05) is 23.7 Å².